The molecule has 0 saturated heterocycles. The molecular formula is C10H13O. The Hall–Kier alpha value is -0.560. The van der Waals surface area contributed by atoms with Crippen LogP contribution in [0, 0.1) is 6.42 Å². The molecule has 0 aromatic carbocycles. The Kier molecular flexibility index (Phi) is 1.61. The summed E-state index contributed by atoms with van der Waals surface area (Å²) >= 11 is 0. The molecule has 0 heterocycles. The van der Waals surface area contributed by atoms with Crippen LogP contribution in [0.25, 0.3) is 0 Å². The minimum atomic E-state index is -0.454. The second-order valence-electron chi connectivity index (χ2n) is 3.38. The third-order valence-corrected chi connectivity index (χ3v) is 2.60. The van der Waals surface area contributed by atoms with Crippen molar-refractivity contribution < 1.29 is 5.11 Å². The van der Waals surface area contributed by atoms with Crippen LogP contribution in [0.3, 0.4) is 0 Å². The lowest BCUT2D eigenvalue weighted by Crippen LogP contribution is -2.39. The molecule has 2 aliphatic rings. The van der Waals surface area contributed by atoms with Crippen molar-refractivity contribution >= 4 is 0 Å². The molecule has 59 valence electrons. The van der Waals surface area contributed by atoms with Crippen molar-refractivity contribution in [2.75, 3.05) is 0 Å². The van der Waals surface area contributed by atoms with Crippen LogP contribution in [0.2, 0.25) is 0 Å². The molecular weight excluding hydrogens is 136 g/mol. The first-order valence-electron chi connectivity index (χ1n) is 4.24. The predicted molar refractivity (Wildman–Crippen MR) is 44.9 cm³/mol. The first-order valence-corrected chi connectivity index (χ1v) is 4.24. The average molecular weight is 149 g/mol. The summed E-state index contributed by atoms with van der Waals surface area (Å²) in [6, 6.07) is 0. The van der Waals surface area contributed by atoms with Crippen molar-refractivity contribution in [3.63, 3.8) is 0 Å². The van der Waals surface area contributed by atoms with Gasteiger partial charge in [-0.3, -0.25) is 0 Å². The fourth-order valence-corrected chi connectivity index (χ4v) is 1.66. The average Bonchev–Trinajstić information content (AvgIpc) is 2.02. The van der Waals surface area contributed by atoms with Gasteiger partial charge in [0.2, 0.25) is 0 Å². The van der Waals surface area contributed by atoms with Crippen molar-refractivity contribution in [3.05, 3.63) is 30.2 Å². The molecule has 0 bridgehead atoms. The maximum absolute atomic E-state index is 9.90. The van der Waals surface area contributed by atoms with E-state index in [-0.39, 0.29) is 0 Å². The molecule has 1 saturated carbocycles. The Morgan fingerprint density at radius 3 is 2.64 bits per heavy atom. The second-order valence-corrected chi connectivity index (χ2v) is 3.38. The van der Waals surface area contributed by atoms with Gasteiger partial charge in [-0.25, -0.2) is 0 Å². The number of aliphatic hydroxyl groups is 1. The molecule has 0 atom stereocenters. The molecule has 0 amide bonds. The number of hydrogen-bond acceptors (Lipinski definition) is 1. The minimum Gasteiger partial charge on any atom is -0.385 e. The Morgan fingerprint density at radius 1 is 1.36 bits per heavy atom. The molecule has 0 aromatic heterocycles. The largest absolute Gasteiger partial charge is 0.385 e. The van der Waals surface area contributed by atoms with E-state index in [1.165, 1.54) is 6.42 Å². The van der Waals surface area contributed by atoms with Crippen LogP contribution in [0.15, 0.2) is 23.8 Å². The summed E-state index contributed by atoms with van der Waals surface area (Å²) in [6.07, 6.45) is 12.3. The molecule has 2 rings (SSSR count). The van der Waals surface area contributed by atoms with Gasteiger partial charge in [0.05, 0.1) is 5.60 Å². The van der Waals surface area contributed by atoms with Crippen LogP contribution in [-0.2, 0) is 0 Å². The van der Waals surface area contributed by atoms with E-state index in [9.17, 15) is 5.11 Å². The third kappa shape index (κ3) is 1.14. The van der Waals surface area contributed by atoms with Crippen molar-refractivity contribution in [2.24, 2.45) is 0 Å². The van der Waals surface area contributed by atoms with Crippen LogP contribution >= 0.6 is 0 Å². The van der Waals surface area contributed by atoms with E-state index in [1.54, 1.807) is 0 Å². The Balaban J connectivity index is 2.13. The highest BCUT2D eigenvalue weighted by molar-refractivity contribution is 5.34. The quantitative estimate of drug-likeness (QED) is 0.604. The normalized spacial score (nSPS) is 27.5. The van der Waals surface area contributed by atoms with Gasteiger partial charge in [-0.15, -0.1) is 0 Å². The first kappa shape index (κ1) is 7.11. The molecule has 1 heteroatoms. The Bertz CT molecular complexity index is 209. The summed E-state index contributed by atoms with van der Waals surface area (Å²) in [7, 11) is 0. The molecule has 1 nitrogen and oxygen atoms in total. The summed E-state index contributed by atoms with van der Waals surface area (Å²) in [6.45, 7) is 0. The second kappa shape index (κ2) is 2.49. The summed E-state index contributed by atoms with van der Waals surface area (Å²) in [5, 5.41) is 9.90. The van der Waals surface area contributed by atoms with Gasteiger partial charge in [0, 0.05) is 0 Å². The Morgan fingerprint density at radius 2 is 2.18 bits per heavy atom. The Labute approximate surface area is 67.4 Å². The van der Waals surface area contributed by atoms with Gasteiger partial charge >= 0.3 is 0 Å². The van der Waals surface area contributed by atoms with Gasteiger partial charge in [-0.1, -0.05) is 18.2 Å². The van der Waals surface area contributed by atoms with Crippen LogP contribution in [-0.4, -0.2) is 10.7 Å². The fraction of sp³-hybridized carbons (Fsp3) is 0.500. The standard InChI is InChI=1S/C10H13O/c11-10(7-4-8-10)9-5-2-1-3-6-9/h1-2,5-6,11H,3-4,7-8H2. The lowest BCUT2D eigenvalue weighted by Gasteiger charge is -2.39. The van der Waals surface area contributed by atoms with E-state index in [4.69, 9.17) is 0 Å². The van der Waals surface area contributed by atoms with E-state index in [1.807, 2.05) is 12.2 Å². The zero-order valence-corrected chi connectivity index (χ0v) is 6.59. The molecule has 1 radical (unpaired) electrons. The highest BCUT2D eigenvalue weighted by Crippen LogP contribution is 2.40. The molecule has 2 aliphatic carbocycles. The number of allylic oxidation sites excluding steroid dienone is 3. The molecule has 11 heavy (non-hydrogen) atoms. The highest BCUT2D eigenvalue weighted by Gasteiger charge is 2.37. The van der Waals surface area contributed by atoms with E-state index in [0.29, 0.717) is 0 Å². The van der Waals surface area contributed by atoms with Crippen molar-refractivity contribution in [1.29, 1.82) is 0 Å². The van der Waals surface area contributed by atoms with Crippen molar-refractivity contribution in [1.82, 2.24) is 0 Å². The van der Waals surface area contributed by atoms with Gasteiger partial charge in [0.25, 0.3) is 0 Å². The molecule has 1 fully saturated rings. The van der Waals surface area contributed by atoms with Crippen LogP contribution in [0.5, 0.6) is 0 Å². The van der Waals surface area contributed by atoms with Crippen molar-refractivity contribution in [3.8, 4) is 0 Å². The van der Waals surface area contributed by atoms with Crippen LogP contribution in [0.4, 0.5) is 0 Å². The van der Waals surface area contributed by atoms with Crippen LogP contribution in [0.1, 0.15) is 25.7 Å². The van der Waals surface area contributed by atoms with Gasteiger partial charge in [0.15, 0.2) is 0 Å². The maximum Gasteiger partial charge on any atom is 0.0862 e. The monoisotopic (exact) mass is 149 g/mol. The van der Waals surface area contributed by atoms with Gasteiger partial charge in [-0.2, -0.15) is 0 Å². The lowest BCUT2D eigenvalue weighted by molar-refractivity contribution is 0.00394. The smallest absolute Gasteiger partial charge is 0.0862 e. The highest BCUT2D eigenvalue weighted by atomic mass is 16.3. The maximum atomic E-state index is 9.90. The molecule has 0 unspecified atom stereocenters. The van der Waals surface area contributed by atoms with Gasteiger partial charge < -0.3 is 5.11 Å². The zero-order chi connectivity index (χ0) is 7.73. The van der Waals surface area contributed by atoms with E-state index < -0.39 is 5.60 Å². The summed E-state index contributed by atoms with van der Waals surface area (Å²) < 4.78 is 0. The fourth-order valence-electron chi connectivity index (χ4n) is 1.66. The molecule has 0 spiro atoms. The van der Waals surface area contributed by atoms with Gasteiger partial charge in [-0.05, 0) is 37.7 Å². The molecule has 1 N–H and O–H groups in total. The molecule has 0 aromatic rings. The van der Waals surface area contributed by atoms with Crippen molar-refractivity contribution in [2.45, 2.75) is 31.3 Å². The summed E-state index contributed by atoms with van der Waals surface area (Å²) in [5.41, 5.74) is 0.677. The third-order valence-electron chi connectivity index (χ3n) is 2.60. The van der Waals surface area contributed by atoms with Gasteiger partial charge in [0.1, 0.15) is 0 Å². The predicted octanol–water partition coefficient (Wildman–Crippen LogP) is 1.99. The summed E-state index contributed by atoms with van der Waals surface area (Å²) in [4.78, 5) is 0. The SMILES string of the molecule is OC1(C2=CC=CC[CH]2)CCC1. The zero-order valence-electron chi connectivity index (χ0n) is 6.59. The lowest BCUT2D eigenvalue weighted by atomic mass is 9.72. The summed E-state index contributed by atoms with van der Waals surface area (Å²) in [5.74, 6) is 0. The van der Waals surface area contributed by atoms with E-state index >= 15 is 0 Å². The van der Waals surface area contributed by atoms with Crippen LogP contribution < -0.4 is 0 Å². The topological polar surface area (TPSA) is 20.2 Å². The number of hydrogen-bond donors (Lipinski definition) is 1. The minimum absolute atomic E-state index is 0.454. The van der Waals surface area contributed by atoms with E-state index in [0.717, 1.165) is 24.8 Å². The number of rotatable bonds is 1. The first-order chi connectivity index (χ1) is 5.31. The van der Waals surface area contributed by atoms with E-state index in [2.05, 4.69) is 12.5 Å². The molecule has 0 aliphatic heterocycles.